The molecular weight excluding hydrogens is 251 g/mol. The summed E-state index contributed by atoms with van der Waals surface area (Å²) in [5.74, 6) is 0. The average Bonchev–Trinajstić information content (AvgIpc) is 2.50. The molecule has 2 nitrogen and oxygen atoms in total. The molecule has 0 bridgehead atoms. The molecule has 1 aromatic heterocycles. The van der Waals surface area contributed by atoms with Crippen molar-refractivity contribution in [3.8, 4) is 0 Å². The zero-order valence-electron chi connectivity index (χ0n) is 9.86. The van der Waals surface area contributed by atoms with Gasteiger partial charge in [0.05, 0.1) is 6.61 Å². The molecule has 0 atom stereocenters. The van der Waals surface area contributed by atoms with Crippen LogP contribution in [-0.4, -0.2) is 25.9 Å². The van der Waals surface area contributed by atoms with Crippen LogP contribution in [0, 0.1) is 13.8 Å². The lowest BCUT2D eigenvalue weighted by Gasteiger charge is -2.07. The number of thiophene rings is 1. The van der Waals surface area contributed by atoms with Crippen LogP contribution in [-0.2, 0) is 11.3 Å². The topological polar surface area (TPSA) is 21.3 Å². The second-order valence-electron chi connectivity index (χ2n) is 3.80. The van der Waals surface area contributed by atoms with E-state index in [2.05, 4.69) is 23.0 Å². The molecule has 0 radical (unpaired) electrons. The van der Waals surface area contributed by atoms with Gasteiger partial charge < -0.3 is 10.1 Å². The lowest BCUT2D eigenvalue weighted by molar-refractivity contribution is -0.173. The minimum absolute atomic E-state index is 0.0723. The van der Waals surface area contributed by atoms with E-state index in [1.807, 2.05) is 6.92 Å². The summed E-state index contributed by atoms with van der Waals surface area (Å²) >= 11 is 1.70. The summed E-state index contributed by atoms with van der Waals surface area (Å²) in [6.07, 6.45) is -4.23. The predicted octanol–water partition coefficient (Wildman–Crippen LogP) is 3.03. The van der Waals surface area contributed by atoms with Crippen molar-refractivity contribution in [3.63, 3.8) is 0 Å². The number of alkyl halides is 3. The molecule has 6 heteroatoms. The molecule has 0 aliphatic carbocycles. The van der Waals surface area contributed by atoms with E-state index in [0.29, 0.717) is 13.1 Å². The first-order valence-corrected chi connectivity index (χ1v) is 6.11. The molecule has 17 heavy (non-hydrogen) atoms. The number of ether oxygens (including phenoxy) is 1. The van der Waals surface area contributed by atoms with E-state index in [4.69, 9.17) is 0 Å². The zero-order chi connectivity index (χ0) is 12.9. The van der Waals surface area contributed by atoms with Gasteiger partial charge in [-0.2, -0.15) is 13.2 Å². The zero-order valence-corrected chi connectivity index (χ0v) is 10.7. The number of aryl methyl sites for hydroxylation is 2. The molecule has 0 aromatic carbocycles. The molecule has 1 heterocycles. The van der Waals surface area contributed by atoms with Gasteiger partial charge in [-0.25, -0.2) is 0 Å². The second kappa shape index (κ2) is 6.37. The third-order valence-electron chi connectivity index (χ3n) is 2.21. The van der Waals surface area contributed by atoms with Gasteiger partial charge in [0.25, 0.3) is 0 Å². The molecule has 1 N–H and O–H groups in total. The van der Waals surface area contributed by atoms with Gasteiger partial charge in [-0.05, 0) is 25.5 Å². The van der Waals surface area contributed by atoms with Crippen molar-refractivity contribution in [1.82, 2.24) is 5.32 Å². The van der Waals surface area contributed by atoms with E-state index < -0.39 is 12.8 Å². The van der Waals surface area contributed by atoms with Gasteiger partial charge in [0.1, 0.15) is 6.61 Å². The highest BCUT2D eigenvalue weighted by molar-refractivity contribution is 7.12. The molecule has 0 fully saturated rings. The summed E-state index contributed by atoms with van der Waals surface area (Å²) in [5, 5.41) is 3.05. The van der Waals surface area contributed by atoms with Crippen LogP contribution in [0.25, 0.3) is 0 Å². The monoisotopic (exact) mass is 267 g/mol. The SMILES string of the molecule is Cc1cc(CNCCOCC(F)(F)F)sc1C. The van der Waals surface area contributed by atoms with Gasteiger partial charge in [-0.15, -0.1) is 11.3 Å². The number of hydrogen-bond acceptors (Lipinski definition) is 3. The Morgan fingerprint density at radius 3 is 2.59 bits per heavy atom. The summed E-state index contributed by atoms with van der Waals surface area (Å²) in [6.45, 7) is 4.09. The van der Waals surface area contributed by atoms with E-state index in [9.17, 15) is 13.2 Å². The summed E-state index contributed by atoms with van der Waals surface area (Å²) in [6, 6.07) is 2.09. The van der Waals surface area contributed by atoms with E-state index in [1.54, 1.807) is 11.3 Å². The molecule has 0 aliphatic heterocycles. The first kappa shape index (κ1) is 14.5. The minimum atomic E-state index is -4.23. The lowest BCUT2D eigenvalue weighted by atomic mass is 10.3. The Labute approximate surface area is 103 Å². The van der Waals surface area contributed by atoms with Crippen molar-refractivity contribution in [2.24, 2.45) is 0 Å². The van der Waals surface area contributed by atoms with Crippen LogP contribution in [0.3, 0.4) is 0 Å². The fourth-order valence-corrected chi connectivity index (χ4v) is 2.30. The van der Waals surface area contributed by atoms with Crippen LogP contribution in [0.4, 0.5) is 13.2 Å². The van der Waals surface area contributed by atoms with E-state index >= 15 is 0 Å². The van der Waals surface area contributed by atoms with E-state index in [1.165, 1.54) is 15.3 Å². The van der Waals surface area contributed by atoms with Gasteiger partial charge in [0.15, 0.2) is 0 Å². The highest BCUT2D eigenvalue weighted by atomic mass is 32.1. The highest BCUT2D eigenvalue weighted by Gasteiger charge is 2.27. The van der Waals surface area contributed by atoms with Gasteiger partial charge in [-0.1, -0.05) is 0 Å². The van der Waals surface area contributed by atoms with Crippen molar-refractivity contribution in [2.75, 3.05) is 19.8 Å². The maximum absolute atomic E-state index is 11.7. The van der Waals surface area contributed by atoms with Crippen molar-refractivity contribution in [1.29, 1.82) is 0 Å². The third kappa shape index (κ3) is 6.05. The molecule has 0 saturated heterocycles. The maximum Gasteiger partial charge on any atom is 0.411 e. The molecule has 1 aromatic rings. The molecule has 0 spiro atoms. The van der Waals surface area contributed by atoms with Gasteiger partial charge in [-0.3, -0.25) is 0 Å². The van der Waals surface area contributed by atoms with Crippen LogP contribution < -0.4 is 5.32 Å². The molecule has 0 saturated carbocycles. The standard InChI is InChI=1S/C11H16F3NOS/c1-8-5-10(17-9(8)2)6-15-3-4-16-7-11(12,13)14/h5,15H,3-4,6-7H2,1-2H3. The fourth-order valence-electron chi connectivity index (χ4n) is 1.28. The third-order valence-corrected chi connectivity index (χ3v) is 3.36. The number of hydrogen-bond donors (Lipinski definition) is 1. The summed E-state index contributed by atoms with van der Waals surface area (Å²) in [7, 11) is 0. The van der Waals surface area contributed by atoms with Crippen molar-refractivity contribution < 1.29 is 17.9 Å². The number of nitrogens with one attached hydrogen (secondary N) is 1. The maximum atomic E-state index is 11.7. The number of halogens is 3. The van der Waals surface area contributed by atoms with Gasteiger partial charge in [0, 0.05) is 22.8 Å². The summed E-state index contributed by atoms with van der Waals surface area (Å²) < 4.78 is 39.7. The van der Waals surface area contributed by atoms with Crippen molar-refractivity contribution >= 4 is 11.3 Å². The van der Waals surface area contributed by atoms with Crippen molar-refractivity contribution in [2.45, 2.75) is 26.6 Å². The normalized spacial score (nSPS) is 12.1. The van der Waals surface area contributed by atoms with Crippen molar-refractivity contribution in [3.05, 3.63) is 21.4 Å². The highest BCUT2D eigenvalue weighted by Crippen LogP contribution is 2.20. The van der Waals surface area contributed by atoms with E-state index in [-0.39, 0.29) is 6.61 Å². The second-order valence-corrected chi connectivity index (χ2v) is 5.14. The smallest absolute Gasteiger partial charge is 0.371 e. The Balaban J connectivity index is 2.09. The quantitative estimate of drug-likeness (QED) is 0.800. The fraction of sp³-hybridized carbons (Fsp3) is 0.636. The lowest BCUT2D eigenvalue weighted by Crippen LogP contribution is -2.23. The van der Waals surface area contributed by atoms with Crippen LogP contribution in [0.15, 0.2) is 6.07 Å². The Morgan fingerprint density at radius 2 is 2.06 bits per heavy atom. The summed E-state index contributed by atoms with van der Waals surface area (Å²) in [5.41, 5.74) is 1.25. The van der Waals surface area contributed by atoms with Crippen LogP contribution in [0.1, 0.15) is 15.3 Å². The van der Waals surface area contributed by atoms with E-state index in [0.717, 1.165) is 0 Å². The Kier molecular flexibility index (Phi) is 5.42. The molecular formula is C11H16F3NOS. The van der Waals surface area contributed by atoms with Gasteiger partial charge >= 0.3 is 6.18 Å². The molecule has 1 rings (SSSR count). The van der Waals surface area contributed by atoms with Crippen LogP contribution >= 0.6 is 11.3 Å². The van der Waals surface area contributed by atoms with Crippen LogP contribution in [0.2, 0.25) is 0 Å². The predicted molar refractivity (Wildman–Crippen MR) is 62.4 cm³/mol. The van der Waals surface area contributed by atoms with Crippen LogP contribution in [0.5, 0.6) is 0 Å². The first-order valence-electron chi connectivity index (χ1n) is 5.29. The molecule has 98 valence electrons. The minimum Gasteiger partial charge on any atom is -0.371 e. The number of rotatable bonds is 6. The summed E-state index contributed by atoms with van der Waals surface area (Å²) in [4.78, 5) is 2.46. The molecule has 0 amide bonds. The molecule has 0 unspecified atom stereocenters. The Morgan fingerprint density at radius 1 is 1.35 bits per heavy atom. The molecule has 0 aliphatic rings. The Bertz CT molecular complexity index is 329. The largest absolute Gasteiger partial charge is 0.411 e. The van der Waals surface area contributed by atoms with Gasteiger partial charge in [0.2, 0.25) is 0 Å². The first-order chi connectivity index (χ1) is 7.88. The Hall–Kier alpha value is -0.590. The average molecular weight is 267 g/mol.